The Morgan fingerprint density at radius 3 is 2.70 bits per heavy atom. The lowest BCUT2D eigenvalue weighted by atomic mass is 10.1. The molecule has 5 heteroatoms. The van der Waals surface area contributed by atoms with E-state index in [2.05, 4.69) is 30.9 Å². The van der Waals surface area contributed by atoms with Crippen molar-refractivity contribution in [2.45, 2.75) is 65.5 Å². The van der Waals surface area contributed by atoms with Crippen LogP contribution in [0.1, 0.15) is 68.5 Å². The van der Waals surface area contributed by atoms with Crippen LogP contribution in [0, 0.1) is 6.92 Å². The second-order valence-corrected chi connectivity index (χ2v) is 6.75. The van der Waals surface area contributed by atoms with Crippen molar-refractivity contribution in [3.05, 3.63) is 23.5 Å². The monoisotopic (exact) mass is 314 g/mol. The summed E-state index contributed by atoms with van der Waals surface area (Å²) < 4.78 is 1.91. The molecule has 1 saturated carbocycles. The van der Waals surface area contributed by atoms with Crippen molar-refractivity contribution in [2.75, 3.05) is 6.54 Å². The average molecular weight is 314 g/mol. The maximum Gasteiger partial charge on any atom is 0.255 e. The summed E-state index contributed by atoms with van der Waals surface area (Å²) in [5, 5.41) is 5.35. The van der Waals surface area contributed by atoms with Gasteiger partial charge in [0.15, 0.2) is 5.65 Å². The summed E-state index contributed by atoms with van der Waals surface area (Å²) in [6.45, 7) is 8.91. The molecule has 0 N–H and O–H groups in total. The Hall–Kier alpha value is -1.91. The SMILES string of the molecule is CCN(C(=O)c1cc2cnn(C(C)C)c2nc1C)C1CCCC1. The molecule has 1 fully saturated rings. The number of aromatic nitrogens is 3. The van der Waals surface area contributed by atoms with Crippen LogP contribution in [-0.2, 0) is 0 Å². The third kappa shape index (κ3) is 2.84. The lowest BCUT2D eigenvalue weighted by molar-refractivity contribution is 0.0692. The molecule has 2 aromatic rings. The van der Waals surface area contributed by atoms with Gasteiger partial charge in [0.2, 0.25) is 0 Å². The van der Waals surface area contributed by atoms with Crippen LogP contribution in [0.15, 0.2) is 12.3 Å². The van der Waals surface area contributed by atoms with Crippen LogP contribution in [-0.4, -0.2) is 38.2 Å². The summed E-state index contributed by atoms with van der Waals surface area (Å²) in [6.07, 6.45) is 6.52. The van der Waals surface area contributed by atoms with Gasteiger partial charge in [0.1, 0.15) is 0 Å². The van der Waals surface area contributed by atoms with E-state index in [4.69, 9.17) is 0 Å². The minimum absolute atomic E-state index is 0.114. The highest BCUT2D eigenvalue weighted by Gasteiger charge is 2.27. The first kappa shape index (κ1) is 16.0. The molecule has 0 unspecified atom stereocenters. The number of aryl methyl sites for hydroxylation is 1. The second kappa shape index (κ2) is 6.30. The number of carbonyl (C=O) groups is 1. The van der Waals surface area contributed by atoms with E-state index in [0.717, 1.165) is 41.7 Å². The van der Waals surface area contributed by atoms with Crippen LogP contribution in [0.3, 0.4) is 0 Å². The molecule has 23 heavy (non-hydrogen) atoms. The third-order valence-corrected chi connectivity index (χ3v) is 4.85. The number of carbonyl (C=O) groups excluding carboxylic acids is 1. The van der Waals surface area contributed by atoms with Crippen LogP contribution < -0.4 is 0 Å². The van der Waals surface area contributed by atoms with Gasteiger partial charge < -0.3 is 4.90 Å². The molecule has 3 rings (SSSR count). The molecule has 0 saturated heterocycles. The first-order valence-corrected chi connectivity index (χ1v) is 8.68. The van der Waals surface area contributed by atoms with Gasteiger partial charge in [-0.1, -0.05) is 12.8 Å². The molecule has 0 aromatic carbocycles. The lowest BCUT2D eigenvalue weighted by Crippen LogP contribution is -2.39. The van der Waals surface area contributed by atoms with Crippen LogP contribution in [0.25, 0.3) is 11.0 Å². The van der Waals surface area contributed by atoms with Gasteiger partial charge in [-0.25, -0.2) is 9.67 Å². The topological polar surface area (TPSA) is 51.0 Å². The van der Waals surface area contributed by atoms with Crippen LogP contribution >= 0.6 is 0 Å². The first-order valence-electron chi connectivity index (χ1n) is 8.68. The van der Waals surface area contributed by atoms with Crippen LogP contribution in [0.2, 0.25) is 0 Å². The zero-order valence-electron chi connectivity index (χ0n) is 14.5. The smallest absolute Gasteiger partial charge is 0.255 e. The number of hydrogen-bond donors (Lipinski definition) is 0. The molecule has 5 nitrogen and oxygen atoms in total. The van der Waals surface area contributed by atoms with Crippen molar-refractivity contribution in [1.29, 1.82) is 0 Å². The molecule has 0 aliphatic heterocycles. The first-order chi connectivity index (χ1) is 11.0. The minimum Gasteiger partial charge on any atom is -0.336 e. The lowest BCUT2D eigenvalue weighted by Gasteiger charge is -2.28. The van der Waals surface area contributed by atoms with E-state index in [1.165, 1.54) is 12.8 Å². The van der Waals surface area contributed by atoms with Gasteiger partial charge >= 0.3 is 0 Å². The van der Waals surface area contributed by atoms with Crippen molar-refractivity contribution >= 4 is 16.9 Å². The highest BCUT2D eigenvalue weighted by molar-refractivity contribution is 5.98. The van der Waals surface area contributed by atoms with Crippen molar-refractivity contribution < 1.29 is 4.79 Å². The molecular formula is C18H26N4O. The summed E-state index contributed by atoms with van der Waals surface area (Å²) >= 11 is 0. The highest BCUT2D eigenvalue weighted by Crippen LogP contribution is 2.26. The second-order valence-electron chi connectivity index (χ2n) is 6.75. The molecule has 0 spiro atoms. The van der Waals surface area contributed by atoms with Crippen molar-refractivity contribution in [2.24, 2.45) is 0 Å². The fraction of sp³-hybridized carbons (Fsp3) is 0.611. The van der Waals surface area contributed by atoms with E-state index in [1.807, 2.05) is 28.8 Å². The molecule has 0 atom stereocenters. The van der Waals surface area contributed by atoms with Gasteiger partial charge in [0.05, 0.1) is 17.5 Å². The Bertz CT molecular complexity index is 713. The van der Waals surface area contributed by atoms with Gasteiger partial charge in [-0.2, -0.15) is 5.10 Å². The third-order valence-electron chi connectivity index (χ3n) is 4.85. The predicted molar refractivity (Wildman–Crippen MR) is 91.6 cm³/mol. The molecule has 2 aromatic heterocycles. The molecule has 2 heterocycles. The molecular weight excluding hydrogens is 288 g/mol. The van der Waals surface area contributed by atoms with Crippen molar-refractivity contribution in [3.63, 3.8) is 0 Å². The quantitative estimate of drug-likeness (QED) is 0.864. The molecule has 0 bridgehead atoms. The van der Waals surface area contributed by atoms with Gasteiger partial charge in [-0.3, -0.25) is 4.79 Å². The molecule has 1 aliphatic carbocycles. The maximum absolute atomic E-state index is 13.0. The van der Waals surface area contributed by atoms with Crippen LogP contribution in [0.4, 0.5) is 0 Å². The molecule has 124 valence electrons. The van der Waals surface area contributed by atoms with Crippen molar-refractivity contribution in [1.82, 2.24) is 19.7 Å². The number of nitrogens with zero attached hydrogens (tertiary/aromatic N) is 4. The Kier molecular flexibility index (Phi) is 4.37. The van der Waals surface area contributed by atoms with E-state index >= 15 is 0 Å². The van der Waals surface area contributed by atoms with Gasteiger partial charge in [-0.15, -0.1) is 0 Å². The molecule has 1 aliphatic rings. The molecule has 0 radical (unpaired) electrons. The predicted octanol–water partition coefficient (Wildman–Crippen LogP) is 3.73. The zero-order valence-corrected chi connectivity index (χ0v) is 14.5. The molecule has 1 amide bonds. The number of hydrogen-bond acceptors (Lipinski definition) is 3. The van der Waals surface area contributed by atoms with Gasteiger partial charge in [0.25, 0.3) is 5.91 Å². The van der Waals surface area contributed by atoms with Crippen LogP contribution in [0.5, 0.6) is 0 Å². The number of fused-ring (bicyclic) bond motifs is 1. The van der Waals surface area contributed by atoms with E-state index < -0.39 is 0 Å². The van der Waals surface area contributed by atoms with E-state index in [0.29, 0.717) is 6.04 Å². The zero-order chi connectivity index (χ0) is 16.6. The summed E-state index contributed by atoms with van der Waals surface area (Å²) in [4.78, 5) is 19.7. The largest absolute Gasteiger partial charge is 0.336 e. The number of pyridine rings is 1. The van der Waals surface area contributed by atoms with E-state index in [1.54, 1.807) is 0 Å². The Balaban J connectivity index is 1.98. The van der Waals surface area contributed by atoms with Crippen molar-refractivity contribution in [3.8, 4) is 0 Å². The van der Waals surface area contributed by atoms with Gasteiger partial charge in [0, 0.05) is 24.0 Å². The van der Waals surface area contributed by atoms with E-state index in [-0.39, 0.29) is 11.9 Å². The normalized spacial score (nSPS) is 15.7. The standard InChI is InChI=1S/C18H26N4O/c1-5-21(15-8-6-7-9-15)18(23)16-10-14-11-19-22(12(2)3)17(14)20-13(16)4/h10-12,15H,5-9H2,1-4H3. The summed E-state index contributed by atoms with van der Waals surface area (Å²) in [7, 11) is 0. The number of rotatable bonds is 4. The fourth-order valence-corrected chi connectivity index (χ4v) is 3.60. The highest BCUT2D eigenvalue weighted by atomic mass is 16.2. The fourth-order valence-electron chi connectivity index (χ4n) is 3.60. The number of amides is 1. The van der Waals surface area contributed by atoms with Gasteiger partial charge in [-0.05, 0) is 46.6 Å². The summed E-state index contributed by atoms with van der Waals surface area (Å²) in [5.41, 5.74) is 2.37. The minimum atomic E-state index is 0.114. The Labute approximate surface area is 137 Å². The summed E-state index contributed by atoms with van der Waals surface area (Å²) in [5.74, 6) is 0.114. The Morgan fingerprint density at radius 2 is 2.09 bits per heavy atom. The average Bonchev–Trinajstić information content (AvgIpc) is 3.16. The Morgan fingerprint density at radius 1 is 1.39 bits per heavy atom. The van der Waals surface area contributed by atoms with E-state index in [9.17, 15) is 4.79 Å². The maximum atomic E-state index is 13.0. The summed E-state index contributed by atoms with van der Waals surface area (Å²) in [6, 6.07) is 2.61.